The van der Waals surface area contributed by atoms with E-state index in [0.29, 0.717) is 43.6 Å². The predicted octanol–water partition coefficient (Wildman–Crippen LogP) is 1.75. The van der Waals surface area contributed by atoms with Crippen LogP contribution in [0.15, 0.2) is 36.4 Å². The molecule has 0 spiro atoms. The Morgan fingerprint density at radius 3 is 2.17 bits per heavy atom. The number of carbonyl (C=O) groups excluding carboxylic acids is 2. The van der Waals surface area contributed by atoms with Gasteiger partial charge in [-0.05, 0) is 42.8 Å². The number of aliphatic hydroxyl groups is 3. The van der Waals surface area contributed by atoms with Crippen molar-refractivity contribution in [3.63, 3.8) is 0 Å². The van der Waals surface area contributed by atoms with Gasteiger partial charge in [0.1, 0.15) is 23.7 Å². The highest BCUT2D eigenvalue weighted by Gasteiger charge is 2.44. The number of H-pyrrole nitrogens is 1. The fourth-order valence-electron chi connectivity index (χ4n) is 5.93. The maximum atomic E-state index is 13.1. The number of nitrogens with one attached hydrogen (secondary N) is 2. The van der Waals surface area contributed by atoms with Gasteiger partial charge in [0.15, 0.2) is 0 Å². The molecule has 10 nitrogen and oxygen atoms in total. The van der Waals surface area contributed by atoms with Crippen molar-refractivity contribution in [3.05, 3.63) is 47.5 Å². The molecule has 10 heteroatoms. The smallest absolute Gasteiger partial charge is 0.259 e. The zero-order chi connectivity index (χ0) is 24.3. The van der Waals surface area contributed by atoms with E-state index in [0.717, 1.165) is 0 Å². The first kappa shape index (κ1) is 20.3. The second-order valence-corrected chi connectivity index (χ2v) is 9.28. The maximum Gasteiger partial charge on any atom is 0.259 e. The quantitative estimate of drug-likeness (QED) is 0.182. The largest absolute Gasteiger partial charge is 0.508 e. The van der Waals surface area contributed by atoms with Crippen LogP contribution >= 0.6 is 0 Å². The minimum atomic E-state index is -1.36. The summed E-state index contributed by atoms with van der Waals surface area (Å²) in [6, 6.07) is 8.50. The van der Waals surface area contributed by atoms with Gasteiger partial charge in [0, 0.05) is 32.6 Å². The standard InChI is InChI=1S/C25H19N3O7/c29-8-1-3-12-10(5-8)16-18-19(25(35)27-24(18)34)17-11-6-9(30)2-4-13(11)28(21(17)20(16)26-12)14-7-15(31)23(33)22(14)32/h1-6,14-15,22-23,26,29-33H,7H2,(H,27,34,35)/t14?,15-,22-,23+/m0/s1. The molecule has 1 aliphatic heterocycles. The number of phenols is 2. The van der Waals surface area contributed by atoms with Crippen LogP contribution in [-0.2, 0) is 0 Å². The van der Waals surface area contributed by atoms with E-state index in [-0.39, 0.29) is 29.0 Å². The molecule has 5 aromatic rings. The number of nitrogens with zero attached hydrogens (tertiary/aromatic N) is 1. The van der Waals surface area contributed by atoms with Crippen LogP contribution in [-0.4, -0.2) is 65.2 Å². The van der Waals surface area contributed by atoms with Gasteiger partial charge in [0.05, 0.1) is 34.3 Å². The Balaban J connectivity index is 1.78. The molecule has 0 bridgehead atoms. The topological polar surface area (TPSA) is 168 Å². The summed E-state index contributed by atoms with van der Waals surface area (Å²) in [5, 5.41) is 56.1. The molecule has 2 amide bonds. The summed E-state index contributed by atoms with van der Waals surface area (Å²) < 4.78 is 1.75. The van der Waals surface area contributed by atoms with Gasteiger partial charge in [-0.3, -0.25) is 14.9 Å². The summed E-state index contributed by atoms with van der Waals surface area (Å²) >= 11 is 0. The highest BCUT2D eigenvalue weighted by molar-refractivity contribution is 6.39. The number of rotatable bonds is 1. The third-order valence-corrected chi connectivity index (χ3v) is 7.39. The Kier molecular flexibility index (Phi) is 3.77. The highest BCUT2D eigenvalue weighted by Crippen LogP contribution is 2.47. The molecule has 1 aliphatic carbocycles. The van der Waals surface area contributed by atoms with Crippen LogP contribution in [0.4, 0.5) is 0 Å². The van der Waals surface area contributed by atoms with E-state index >= 15 is 0 Å². The molecule has 4 atom stereocenters. The summed E-state index contributed by atoms with van der Waals surface area (Å²) in [5.74, 6) is -1.24. The van der Waals surface area contributed by atoms with Gasteiger partial charge in [-0.1, -0.05) is 0 Å². The predicted molar refractivity (Wildman–Crippen MR) is 126 cm³/mol. The van der Waals surface area contributed by atoms with Crippen LogP contribution in [0.3, 0.4) is 0 Å². The number of aliphatic hydroxyl groups excluding tert-OH is 3. The fourth-order valence-corrected chi connectivity index (χ4v) is 5.93. The van der Waals surface area contributed by atoms with Gasteiger partial charge in [-0.2, -0.15) is 0 Å². The first-order chi connectivity index (χ1) is 16.8. The van der Waals surface area contributed by atoms with Crippen molar-refractivity contribution in [2.75, 3.05) is 0 Å². The third-order valence-electron chi connectivity index (χ3n) is 7.39. The number of carbonyl (C=O) groups is 2. The zero-order valence-corrected chi connectivity index (χ0v) is 18.0. The fraction of sp³-hybridized carbons (Fsp3) is 0.200. The normalized spacial score (nSPS) is 24.3. The number of benzene rings is 3. The number of aromatic amines is 1. The van der Waals surface area contributed by atoms with Crippen molar-refractivity contribution < 1.29 is 35.1 Å². The lowest BCUT2D eigenvalue weighted by Crippen LogP contribution is -2.31. The molecule has 3 aromatic carbocycles. The average Bonchev–Trinajstić information content (AvgIpc) is 3.50. The molecule has 0 saturated heterocycles. The van der Waals surface area contributed by atoms with Crippen molar-refractivity contribution in [1.82, 2.24) is 14.9 Å². The first-order valence-corrected chi connectivity index (χ1v) is 11.1. The number of imide groups is 1. The molecule has 0 radical (unpaired) electrons. The molecule has 2 aromatic heterocycles. The molecule has 35 heavy (non-hydrogen) atoms. The van der Waals surface area contributed by atoms with Gasteiger partial charge in [-0.15, -0.1) is 0 Å². The van der Waals surface area contributed by atoms with Crippen LogP contribution < -0.4 is 5.32 Å². The minimum absolute atomic E-state index is 0.0140. The van der Waals surface area contributed by atoms with Crippen molar-refractivity contribution in [3.8, 4) is 11.5 Å². The molecule has 3 heterocycles. The zero-order valence-electron chi connectivity index (χ0n) is 18.0. The number of aromatic nitrogens is 2. The van der Waals surface area contributed by atoms with Crippen LogP contribution in [0, 0.1) is 0 Å². The summed E-state index contributed by atoms with van der Waals surface area (Å²) in [6.45, 7) is 0. The number of aromatic hydroxyl groups is 2. The minimum Gasteiger partial charge on any atom is -0.508 e. The van der Waals surface area contributed by atoms with Crippen molar-refractivity contribution >= 4 is 55.4 Å². The Morgan fingerprint density at radius 2 is 1.49 bits per heavy atom. The molecule has 7 N–H and O–H groups in total. The molecule has 1 fully saturated rings. The second-order valence-electron chi connectivity index (χ2n) is 9.28. The monoisotopic (exact) mass is 473 g/mol. The van der Waals surface area contributed by atoms with Crippen LogP contribution in [0.5, 0.6) is 11.5 Å². The van der Waals surface area contributed by atoms with E-state index in [2.05, 4.69) is 10.3 Å². The first-order valence-electron chi connectivity index (χ1n) is 11.1. The Labute approximate surface area is 195 Å². The van der Waals surface area contributed by atoms with Gasteiger partial charge >= 0.3 is 0 Å². The van der Waals surface area contributed by atoms with Gasteiger partial charge in [0.2, 0.25) is 0 Å². The van der Waals surface area contributed by atoms with Crippen molar-refractivity contribution in [2.45, 2.75) is 30.8 Å². The van der Waals surface area contributed by atoms with Crippen LogP contribution in [0.1, 0.15) is 33.2 Å². The van der Waals surface area contributed by atoms with Crippen LogP contribution in [0.25, 0.3) is 43.6 Å². The lowest BCUT2D eigenvalue weighted by Gasteiger charge is -2.21. The number of hydrogen-bond acceptors (Lipinski definition) is 7. The molecule has 1 unspecified atom stereocenters. The van der Waals surface area contributed by atoms with E-state index in [1.165, 1.54) is 24.3 Å². The Hall–Kier alpha value is -4.12. The number of hydrogen-bond donors (Lipinski definition) is 7. The Morgan fingerprint density at radius 1 is 0.829 bits per heavy atom. The van der Waals surface area contributed by atoms with Gasteiger partial charge in [-0.25, -0.2) is 0 Å². The molecule has 2 aliphatic rings. The summed E-state index contributed by atoms with van der Waals surface area (Å²) in [6.07, 6.45) is -3.77. The van der Waals surface area contributed by atoms with Gasteiger partial charge < -0.3 is 35.1 Å². The molecule has 176 valence electrons. The second kappa shape index (κ2) is 6.51. The molecule has 7 rings (SSSR count). The van der Waals surface area contributed by atoms with E-state index in [4.69, 9.17) is 0 Å². The highest BCUT2D eigenvalue weighted by atomic mass is 16.4. The lowest BCUT2D eigenvalue weighted by molar-refractivity contribution is -0.0241. The lowest BCUT2D eigenvalue weighted by atomic mass is 9.96. The van der Waals surface area contributed by atoms with E-state index in [1.54, 1.807) is 16.7 Å². The van der Waals surface area contributed by atoms with E-state index in [9.17, 15) is 35.1 Å². The number of phenolic OH excluding ortho intramolecular Hbond substituents is 2. The summed E-state index contributed by atoms with van der Waals surface area (Å²) in [5.41, 5.74) is 2.42. The van der Waals surface area contributed by atoms with E-state index in [1.807, 2.05) is 0 Å². The van der Waals surface area contributed by atoms with Gasteiger partial charge in [0.25, 0.3) is 11.8 Å². The van der Waals surface area contributed by atoms with Crippen molar-refractivity contribution in [1.29, 1.82) is 0 Å². The molecular formula is C25H19N3O7. The summed E-state index contributed by atoms with van der Waals surface area (Å²) in [4.78, 5) is 29.4. The van der Waals surface area contributed by atoms with E-state index < -0.39 is 36.2 Å². The Bertz CT molecular complexity index is 1780. The maximum absolute atomic E-state index is 13.1. The average molecular weight is 473 g/mol. The third kappa shape index (κ3) is 2.42. The van der Waals surface area contributed by atoms with Crippen molar-refractivity contribution in [2.24, 2.45) is 0 Å². The summed E-state index contributed by atoms with van der Waals surface area (Å²) in [7, 11) is 0. The molecule has 1 saturated carbocycles. The number of amides is 2. The molecular weight excluding hydrogens is 454 g/mol. The SMILES string of the molecule is O=C1NC(=O)c2c1c1c3cc(O)ccc3[nH]c1c1c2c2cc(O)ccc2n1C1C[C@H](O)[C@@H](O)[C@H]1O. The number of fused-ring (bicyclic) bond motifs is 10. The van der Waals surface area contributed by atoms with Crippen LogP contribution in [0.2, 0.25) is 0 Å².